The number of nitrogens with zero attached hydrogens (tertiary/aromatic N) is 2. The van der Waals surface area contributed by atoms with Crippen LogP contribution < -0.4 is 0 Å². The van der Waals surface area contributed by atoms with Gasteiger partial charge in [-0.3, -0.25) is 0 Å². The molecule has 0 aliphatic rings. The van der Waals surface area contributed by atoms with Gasteiger partial charge in [-0.05, 0) is 40.5 Å². The maximum atomic E-state index is 9.45. The van der Waals surface area contributed by atoms with E-state index in [-0.39, 0.29) is 0 Å². The van der Waals surface area contributed by atoms with Gasteiger partial charge in [0.1, 0.15) is 5.51 Å². The maximum absolute atomic E-state index is 9.45. The first-order valence-electron chi connectivity index (χ1n) is 4.58. The highest BCUT2D eigenvalue weighted by Crippen LogP contribution is 2.35. The molecule has 0 saturated carbocycles. The minimum absolute atomic E-state index is 0.447. The molecule has 3 nitrogen and oxygen atoms in total. The molecule has 1 aromatic carbocycles. The van der Waals surface area contributed by atoms with Crippen LogP contribution in [0.1, 0.15) is 18.6 Å². The number of aromatic nitrogens is 2. The minimum Gasteiger partial charge on any atom is -0.389 e. The molecule has 0 amide bonds. The van der Waals surface area contributed by atoms with E-state index in [0.29, 0.717) is 0 Å². The summed E-state index contributed by atoms with van der Waals surface area (Å²) in [5.41, 5.74) is 2.61. The smallest absolute Gasteiger partial charge is 0.178 e. The summed E-state index contributed by atoms with van der Waals surface area (Å²) in [6.07, 6.45) is -0.447. The quantitative estimate of drug-likeness (QED) is 0.941. The first-order valence-corrected chi connectivity index (χ1v) is 7.07. The average molecular weight is 317 g/mol. The molecule has 0 spiro atoms. The zero-order valence-corrected chi connectivity index (χ0v) is 11.6. The summed E-state index contributed by atoms with van der Waals surface area (Å²) >= 11 is 6.55. The summed E-state index contributed by atoms with van der Waals surface area (Å²) in [6, 6.07) is 5.81. The lowest BCUT2D eigenvalue weighted by molar-refractivity contribution is 0.199. The van der Waals surface area contributed by atoms with E-state index in [1.54, 1.807) is 24.2 Å². The Morgan fingerprint density at radius 2 is 2.31 bits per heavy atom. The second-order valence-electron chi connectivity index (χ2n) is 3.17. The van der Waals surface area contributed by atoms with Crippen LogP contribution in [0.2, 0.25) is 0 Å². The molecule has 84 valence electrons. The minimum atomic E-state index is -0.447. The molecule has 1 atom stereocenters. The Kier molecular flexibility index (Phi) is 3.96. The van der Waals surface area contributed by atoms with Gasteiger partial charge in [0.25, 0.3) is 0 Å². The molecule has 0 aliphatic carbocycles. The summed E-state index contributed by atoms with van der Waals surface area (Å²) in [4.78, 5) is 1.07. The summed E-state index contributed by atoms with van der Waals surface area (Å²) in [5.74, 6) is 0. The van der Waals surface area contributed by atoms with E-state index < -0.39 is 6.10 Å². The second-order valence-corrected chi connectivity index (χ2v) is 6.15. The molecular weight excluding hydrogens is 308 g/mol. The third kappa shape index (κ3) is 2.82. The van der Waals surface area contributed by atoms with Crippen LogP contribution in [-0.2, 0) is 0 Å². The third-order valence-corrected chi connectivity index (χ3v) is 4.75. The number of hydrogen-bond donors (Lipinski definition) is 1. The number of hydrogen-bond acceptors (Lipinski definition) is 5. The van der Waals surface area contributed by atoms with Gasteiger partial charge >= 0.3 is 0 Å². The van der Waals surface area contributed by atoms with Crippen molar-refractivity contribution in [3.8, 4) is 0 Å². The van der Waals surface area contributed by atoms with E-state index in [2.05, 4.69) is 26.1 Å². The van der Waals surface area contributed by atoms with Gasteiger partial charge in [0.05, 0.1) is 6.10 Å². The lowest BCUT2D eigenvalue weighted by Gasteiger charge is -2.07. The Bertz CT molecular complexity index is 474. The van der Waals surface area contributed by atoms with Gasteiger partial charge < -0.3 is 5.11 Å². The Morgan fingerprint density at radius 3 is 2.88 bits per heavy atom. The lowest BCUT2D eigenvalue weighted by Crippen LogP contribution is -1.90. The molecule has 0 radical (unpaired) electrons. The number of aliphatic hydroxyl groups is 1. The van der Waals surface area contributed by atoms with Gasteiger partial charge in [-0.25, -0.2) is 0 Å². The molecule has 0 saturated heterocycles. The van der Waals surface area contributed by atoms with E-state index >= 15 is 0 Å². The first kappa shape index (κ1) is 12.0. The van der Waals surface area contributed by atoms with Gasteiger partial charge in [-0.15, -0.1) is 10.2 Å². The van der Waals surface area contributed by atoms with E-state index in [0.717, 1.165) is 19.3 Å². The zero-order valence-electron chi connectivity index (χ0n) is 8.42. The van der Waals surface area contributed by atoms with E-state index in [9.17, 15) is 5.11 Å². The van der Waals surface area contributed by atoms with Crippen LogP contribution >= 0.6 is 39.0 Å². The fraction of sp³-hybridized carbons (Fsp3) is 0.200. The maximum Gasteiger partial charge on any atom is 0.178 e. The van der Waals surface area contributed by atoms with Crippen LogP contribution in [0, 0.1) is 0 Å². The molecule has 6 heteroatoms. The summed E-state index contributed by atoms with van der Waals surface area (Å²) < 4.78 is 1.87. The fourth-order valence-electron chi connectivity index (χ4n) is 1.16. The molecule has 0 aliphatic heterocycles. The molecular formula is C10H9BrN2OS2. The summed E-state index contributed by atoms with van der Waals surface area (Å²) in [7, 11) is 0. The van der Waals surface area contributed by atoms with E-state index in [1.165, 1.54) is 11.3 Å². The molecule has 1 aromatic heterocycles. The Morgan fingerprint density at radius 1 is 1.50 bits per heavy atom. The van der Waals surface area contributed by atoms with Crippen LogP contribution in [0.5, 0.6) is 0 Å². The number of halogens is 1. The highest BCUT2D eigenvalue weighted by molar-refractivity contribution is 9.10. The average Bonchev–Trinajstić information content (AvgIpc) is 2.73. The van der Waals surface area contributed by atoms with Gasteiger partial charge in [0.2, 0.25) is 0 Å². The first-order chi connectivity index (χ1) is 7.66. The SMILES string of the molecule is CC(O)c1ccc(Sc2nncs2)c(Br)c1. The molecule has 2 rings (SSSR count). The largest absolute Gasteiger partial charge is 0.389 e. The Hall–Kier alpha value is -0.430. The monoisotopic (exact) mass is 316 g/mol. The van der Waals surface area contributed by atoms with Crippen LogP contribution in [-0.4, -0.2) is 15.3 Å². The van der Waals surface area contributed by atoms with Crippen molar-refractivity contribution in [2.24, 2.45) is 0 Å². The van der Waals surface area contributed by atoms with Crippen molar-refractivity contribution in [2.75, 3.05) is 0 Å². The van der Waals surface area contributed by atoms with Crippen molar-refractivity contribution in [2.45, 2.75) is 22.3 Å². The highest BCUT2D eigenvalue weighted by Gasteiger charge is 2.08. The van der Waals surface area contributed by atoms with Gasteiger partial charge in [-0.1, -0.05) is 29.2 Å². The summed E-state index contributed by atoms with van der Waals surface area (Å²) in [5, 5.41) is 17.2. The molecule has 0 fully saturated rings. The van der Waals surface area contributed by atoms with Crippen molar-refractivity contribution in [3.05, 3.63) is 33.7 Å². The topological polar surface area (TPSA) is 46.0 Å². The van der Waals surface area contributed by atoms with E-state index in [4.69, 9.17) is 0 Å². The van der Waals surface area contributed by atoms with Crippen LogP contribution in [0.4, 0.5) is 0 Å². The Labute approximate surface area is 110 Å². The summed E-state index contributed by atoms with van der Waals surface area (Å²) in [6.45, 7) is 1.75. The van der Waals surface area contributed by atoms with Crippen molar-refractivity contribution in [1.29, 1.82) is 0 Å². The van der Waals surface area contributed by atoms with E-state index in [1.807, 2.05) is 18.2 Å². The van der Waals surface area contributed by atoms with Crippen LogP contribution in [0.25, 0.3) is 0 Å². The predicted octanol–water partition coefficient (Wildman–Crippen LogP) is 3.51. The second kappa shape index (κ2) is 5.27. The molecule has 1 heterocycles. The standard InChI is InChI=1S/C10H9BrN2OS2/c1-6(14)7-2-3-9(8(11)4-7)16-10-13-12-5-15-10/h2-6,14H,1H3. The fourth-order valence-corrected chi connectivity index (χ4v) is 3.24. The molecule has 0 bridgehead atoms. The van der Waals surface area contributed by atoms with Crippen molar-refractivity contribution in [3.63, 3.8) is 0 Å². The predicted molar refractivity (Wildman–Crippen MR) is 68.8 cm³/mol. The van der Waals surface area contributed by atoms with Gasteiger partial charge in [0, 0.05) is 9.37 Å². The normalized spacial score (nSPS) is 12.7. The molecule has 2 aromatic rings. The van der Waals surface area contributed by atoms with Crippen LogP contribution in [0.3, 0.4) is 0 Å². The van der Waals surface area contributed by atoms with Crippen molar-refractivity contribution < 1.29 is 5.11 Å². The number of benzene rings is 1. The zero-order chi connectivity index (χ0) is 11.5. The highest BCUT2D eigenvalue weighted by atomic mass is 79.9. The lowest BCUT2D eigenvalue weighted by atomic mass is 10.1. The van der Waals surface area contributed by atoms with Gasteiger partial charge in [0.15, 0.2) is 4.34 Å². The number of aliphatic hydroxyl groups excluding tert-OH is 1. The molecule has 16 heavy (non-hydrogen) atoms. The molecule has 1 N–H and O–H groups in total. The van der Waals surface area contributed by atoms with Crippen molar-refractivity contribution >= 4 is 39.0 Å². The Balaban J connectivity index is 2.23. The van der Waals surface area contributed by atoms with Crippen molar-refractivity contribution in [1.82, 2.24) is 10.2 Å². The number of rotatable bonds is 3. The molecule has 1 unspecified atom stereocenters. The van der Waals surface area contributed by atoms with Gasteiger partial charge in [-0.2, -0.15) is 0 Å². The third-order valence-electron chi connectivity index (χ3n) is 1.98. The van der Waals surface area contributed by atoms with Crippen LogP contribution in [0.15, 0.2) is 37.4 Å².